The van der Waals surface area contributed by atoms with E-state index in [4.69, 9.17) is 4.42 Å². The molecule has 0 aliphatic heterocycles. The number of hydrogen-bond donors (Lipinski definition) is 0. The Morgan fingerprint density at radius 2 is 1.02 bits per heavy atom. The summed E-state index contributed by atoms with van der Waals surface area (Å²) < 4.78 is 11.7. The van der Waals surface area contributed by atoms with Crippen LogP contribution in [-0.4, -0.2) is 4.57 Å². The zero-order valence-electron chi connectivity index (χ0n) is 33.5. The van der Waals surface area contributed by atoms with Gasteiger partial charge in [0.05, 0.1) is 22.4 Å². The lowest BCUT2D eigenvalue weighted by Crippen LogP contribution is -2.11. The van der Waals surface area contributed by atoms with E-state index in [1.165, 1.54) is 52.9 Å². The van der Waals surface area contributed by atoms with Crippen molar-refractivity contribution in [1.82, 2.24) is 4.57 Å². The Labute approximate surface area is 361 Å². The number of rotatable bonds is 6. The minimum Gasteiger partial charge on any atom is -0.455 e. The van der Waals surface area contributed by atoms with Gasteiger partial charge in [0.25, 0.3) is 0 Å². The molecule has 3 nitrogen and oxygen atoms in total. The van der Waals surface area contributed by atoms with Crippen molar-refractivity contribution in [3.05, 3.63) is 218 Å². The first kappa shape index (κ1) is 34.9. The highest BCUT2D eigenvalue weighted by Gasteiger charge is 2.22. The zero-order chi connectivity index (χ0) is 40.7. The SMILES string of the molecule is c1ccc(N(c2ccc(-c3ccccc3-n3c4ccccc4c4ccccc43)cc2)c2ccc3c(c2)sc2ccccc23)c(-c2cccc3oc4c5ccccc5ccc4c23)c1. The van der Waals surface area contributed by atoms with Crippen LogP contribution >= 0.6 is 11.3 Å². The minimum atomic E-state index is 0.883. The summed E-state index contributed by atoms with van der Waals surface area (Å²) in [5.41, 5.74) is 13.2. The molecule has 4 heteroatoms. The molecule has 3 heterocycles. The second kappa shape index (κ2) is 13.8. The van der Waals surface area contributed by atoms with Crippen molar-refractivity contribution in [1.29, 1.82) is 0 Å². The van der Waals surface area contributed by atoms with E-state index < -0.39 is 0 Å². The molecule has 10 aromatic carbocycles. The van der Waals surface area contributed by atoms with Gasteiger partial charge in [-0.3, -0.25) is 0 Å². The Morgan fingerprint density at radius 1 is 0.403 bits per heavy atom. The lowest BCUT2D eigenvalue weighted by atomic mass is 9.96. The number of hydrogen-bond acceptors (Lipinski definition) is 3. The molecule has 62 heavy (non-hydrogen) atoms. The second-order valence-electron chi connectivity index (χ2n) is 16.0. The Balaban J connectivity index is 1.00. The van der Waals surface area contributed by atoms with E-state index >= 15 is 0 Å². The van der Waals surface area contributed by atoms with Gasteiger partial charge in [0.2, 0.25) is 0 Å². The molecule has 0 radical (unpaired) electrons. The first-order valence-corrected chi connectivity index (χ1v) is 21.9. The quantitative estimate of drug-likeness (QED) is 0.167. The molecule has 13 rings (SSSR count). The molecule has 0 atom stereocenters. The van der Waals surface area contributed by atoms with Gasteiger partial charge in [-0.15, -0.1) is 11.3 Å². The number of furan rings is 1. The summed E-state index contributed by atoms with van der Waals surface area (Å²) in [5.74, 6) is 0. The number of anilines is 3. The van der Waals surface area contributed by atoms with Gasteiger partial charge in [-0.1, -0.05) is 152 Å². The lowest BCUT2D eigenvalue weighted by molar-refractivity contribution is 0.673. The van der Waals surface area contributed by atoms with Gasteiger partial charge < -0.3 is 13.9 Å². The summed E-state index contributed by atoms with van der Waals surface area (Å²) in [5, 5.41) is 9.62. The molecule has 0 fully saturated rings. The van der Waals surface area contributed by atoms with Crippen LogP contribution in [0.3, 0.4) is 0 Å². The molecule has 0 bridgehead atoms. The summed E-state index contributed by atoms with van der Waals surface area (Å²) >= 11 is 1.85. The third kappa shape index (κ3) is 5.30. The topological polar surface area (TPSA) is 21.3 Å². The van der Waals surface area contributed by atoms with E-state index in [0.29, 0.717) is 0 Å². The molecule has 0 N–H and O–H groups in total. The summed E-state index contributed by atoms with van der Waals surface area (Å²) in [6.45, 7) is 0. The van der Waals surface area contributed by atoms with Gasteiger partial charge in [0.1, 0.15) is 11.2 Å². The standard InChI is InChI=1S/C58H36N2OS/c1-2-16-42-37(14-1)30-34-49-57-48(21-13-26-54(57)61-58(42)49)45-19-6-9-23-51(45)59(40-33-35-47-46-20-7-12-27-55(46)62-56(47)36-40)39-31-28-38(29-32-39)41-15-3-8-22-50(41)60-52-24-10-4-17-43(52)44-18-5-11-25-53(44)60/h1-36H. The highest BCUT2D eigenvalue weighted by molar-refractivity contribution is 7.25. The maximum atomic E-state index is 6.70. The van der Waals surface area contributed by atoms with E-state index in [1.54, 1.807) is 0 Å². The van der Waals surface area contributed by atoms with Crippen LogP contribution in [0.25, 0.3) is 103 Å². The van der Waals surface area contributed by atoms with Gasteiger partial charge in [0, 0.05) is 69.6 Å². The average molecular weight is 809 g/mol. The van der Waals surface area contributed by atoms with Crippen molar-refractivity contribution < 1.29 is 4.42 Å². The van der Waals surface area contributed by atoms with E-state index in [-0.39, 0.29) is 0 Å². The first-order valence-electron chi connectivity index (χ1n) is 21.1. The van der Waals surface area contributed by atoms with Gasteiger partial charge in [0.15, 0.2) is 0 Å². The van der Waals surface area contributed by atoms with Crippen molar-refractivity contribution in [2.45, 2.75) is 0 Å². The van der Waals surface area contributed by atoms with Crippen molar-refractivity contribution in [3.63, 3.8) is 0 Å². The van der Waals surface area contributed by atoms with Gasteiger partial charge >= 0.3 is 0 Å². The average Bonchev–Trinajstić information content (AvgIpc) is 4.02. The fraction of sp³-hybridized carbons (Fsp3) is 0. The molecule has 290 valence electrons. The molecule has 0 spiro atoms. The van der Waals surface area contributed by atoms with Crippen molar-refractivity contribution >= 4 is 103 Å². The number of thiophene rings is 1. The largest absolute Gasteiger partial charge is 0.455 e. The summed E-state index contributed by atoms with van der Waals surface area (Å²) in [7, 11) is 0. The Kier molecular flexibility index (Phi) is 7.78. The molecule has 0 aliphatic rings. The highest BCUT2D eigenvalue weighted by atomic mass is 32.1. The van der Waals surface area contributed by atoms with Gasteiger partial charge in [-0.25, -0.2) is 0 Å². The normalized spacial score (nSPS) is 11.9. The molecular formula is C58H36N2OS. The molecule has 0 aliphatic carbocycles. The van der Waals surface area contributed by atoms with Crippen LogP contribution in [0, 0.1) is 0 Å². The molecule has 0 saturated heterocycles. The number of benzene rings is 10. The minimum absolute atomic E-state index is 0.883. The summed E-state index contributed by atoms with van der Waals surface area (Å²) in [6, 6.07) is 79.2. The number of aromatic nitrogens is 1. The molecule has 13 aromatic rings. The zero-order valence-corrected chi connectivity index (χ0v) is 34.3. The summed E-state index contributed by atoms with van der Waals surface area (Å²) in [4.78, 5) is 2.43. The highest BCUT2D eigenvalue weighted by Crippen LogP contribution is 2.47. The maximum absolute atomic E-state index is 6.70. The maximum Gasteiger partial charge on any atom is 0.143 e. The Morgan fingerprint density at radius 3 is 1.84 bits per heavy atom. The van der Waals surface area contributed by atoms with Crippen LogP contribution in [0.5, 0.6) is 0 Å². The molecule has 0 unspecified atom stereocenters. The van der Waals surface area contributed by atoms with Crippen molar-refractivity contribution in [2.24, 2.45) is 0 Å². The predicted octanol–water partition coefficient (Wildman–Crippen LogP) is 17.0. The van der Waals surface area contributed by atoms with E-state index in [1.807, 2.05) is 11.3 Å². The fourth-order valence-electron chi connectivity index (χ4n) is 9.84. The second-order valence-corrected chi connectivity index (χ2v) is 17.1. The molecular weight excluding hydrogens is 773 g/mol. The smallest absolute Gasteiger partial charge is 0.143 e. The Bertz CT molecular complexity index is 3830. The van der Waals surface area contributed by atoms with Crippen molar-refractivity contribution in [3.8, 4) is 27.9 Å². The lowest BCUT2D eigenvalue weighted by Gasteiger charge is -2.28. The van der Waals surface area contributed by atoms with Crippen molar-refractivity contribution in [2.75, 3.05) is 4.90 Å². The van der Waals surface area contributed by atoms with Crippen LogP contribution in [-0.2, 0) is 0 Å². The number of para-hydroxylation sites is 4. The fourth-order valence-corrected chi connectivity index (χ4v) is 11.0. The number of nitrogens with zero attached hydrogens (tertiary/aromatic N) is 2. The van der Waals surface area contributed by atoms with Crippen LogP contribution in [0.2, 0.25) is 0 Å². The van der Waals surface area contributed by atoms with Crippen LogP contribution < -0.4 is 4.90 Å². The number of fused-ring (bicyclic) bond motifs is 11. The summed E-state index contributed by atoms with van der Waals surface area (Å²) in [6.07, 6.45) is 0. The van der Waals surface area contributed by atoms with E-state index in [2.05, 4.69) is 228 Å². The molecule has 0 saturated carbocycles. The molecule has 3 aromatic heterocycles. The van der Waals surface area contributed by atoms with E-state index in [0.717, 1.165) is 66.8 Å². The first-order chi connectivity index (χ1) is 30.8. The van der Waals surface area contributed by atoms with Gasteiger partial charge in [-0.2, -0.15) is 0 Å². The predicted molar refractivity (Wildman–Crippen MR) is 264 cm³/mol. The van der Waals surface area contributed by atoms with Crippen LogP contribution in [0.15, 0.2) is 223 Å². The third-order valence-electron chi connectivity index (χ3n) is 12.6. The van der Waals surface area contributed by atoms with E-state index in [9.17, 15) is 0 Å². The third-order valence-corrected chi connectivity index (χ3v) is 13.7. The van der Waals surface area contributed by atoms with Crippen LogP contribution in [0.4, 0.5) is 17.1 Å². The molecule has 0 amide bonds. The van der Waals surface area contributed by atoms with Gasteiger partial charge in [-0.05, 0) is 83.2 Å². The van der Waals surface area contributed by atoms with Crippen LogP contribution in [0.1, 0.15) is 0 Å². The Hall–Kier alpha value is -7.92. The monoisotopic (exact) mass is 808 g/mol.